The molecule has 1 heterocycles. The molecule has 2 unspecified atom stereocenters. The molecule has 1 saturated heterocycles. The van der Waals surface area contributed by atoms with Gasteiger partial charge in [0.15, 0.2) is 0 Å². The van der Waals surface area contributed by atoms with Crippen LogP contribution in [0.5, 0.6) is 0 Å². The van der Waals surface area contributed by atoms with Gasteiger partial charge in [-0.1, -0.05) is 19.1 Å². The summed E-state index contributed by atoms with van der Waals surface area (Å²) in [5, 5.41) is 10.8. The van der Waals surface area contributed by atoms with E-state index in [1.165, 1.54) is 12.1 Å². The fourth-order valence-electron chi connectivity index (χ4n) is 2.53. The summed E-state index contributed by atoms with van der Waals surface area (Å²) in [5.74, 6) is -0.730. The lowest BCUT2D eigenvalue weighted by Gasteiger charge is -2.38. The molecule has 0 amide bonds. The predicted molar refractivity (Wildman–Crippen MR) is 73.0 cm³/mol. The summed E-state index contributed by atoms with van der Waals surface area (Å²) >= 11 is 0. The third-order valence-corrected chi connectivity index (χ3v) is 3.68. The predicted octanol–water partition coefficient (Wildman–Crippen LogP) is 2.73. The van der Waals surface area contributed by atoms with E-state index in [1.807, 2.05) is 6.92 Å². The number of nitrogens with zero attached hydrogens (tertiary/aromatic N) is 2. The molecule has 0 saturated carbocycles. The number of rotatable bonds is 4. The second kappa shape index (κ2) is 6.28. The van der Waals surface area contributed by atoms with E-state index in [0.717, 1.165) is 6.42 Å². The number of hydrogen-bond donors (Lipinski definition) is 0. The molecule has 110 valence electrons. The van der Waals surface area contributed by atoms with Crippen molar-refractivity contribution in [1.82, 2.24) is 4.90 Å². The van der Waals surface area contributed by atoms with Gasteiger partial charge in [0, 0.05) is 30.8 Å². The van der Waals surface area contributed by atoms with Gasteiger partial charge in [0.2, 0.25) is 5.82 Å². The van der Waals surface area contributed by atoms with Crippen molar-refractivity contribution in [2.24, 2.45) is 0 Å². The molecule has 5 nitrogen and oxygen atoms in total. The van der Waals surface area contributed by atoms with Gasteiger partial charge in [-0.2, -0.15) is 4.39 Å². The quantitative estimate of drug-likeness (QED) is 0.629. The Balaban J connectivity index is 2.20. The molecule has 0 spiro atoms. The van der Waals surface area contributed by atoms with Crippen molar-refractivity contribution in [3.8, 4) is 0 Å². The molecule has 0 radical (unpaired) electrons. The molecule has 1 fully saturated rings. The van der Waals surface area contributed by atoms with Crippen LogP contribution in [0.15, 0.2) is 18.2 Å². The van der Waals surface area contributed by atoms with E-state index in [1.54, 1.807) is 6.07 Å². The highest BCUT2D eigenvalue weighted by Gasteiger charge is 2.27. The molecule has 0 N–H and O–H groups in total. The molecular formula is C14H19FN2O3. The van der Waals surface area contributed by atoms with Crippen molar-refractivity contribution in [3.63, 3.8) is 0 Å². The topological polar surface area (TPSA) is 55.6 Å². The largest absolute Gasteiger partial charge is 0.376 e. The SMILES string of the molecule is CCC1COC(C)CN1Cc1cccc([N+](=O)[O-])c1F. The van der Waals surface area contributed by atoms with E-state index >= 15 is 0 Å². The van der Waals surface area contributed by atoms with E-state index in [0.29, 0.717) is 25.3 Å². The van der Waals surface area contributed by atoms with Crippen LogP contribution in [0.25, 0.3) is 0 Å². The van der Waals surface area contributed by atoms with Crippen LogP contribution >= 0.6 is 0 Å². The van der Waals surface area contributed by atoms with E-state index < -0.39 is 16.4 Å². The van der Waals surface area contributed by atoms with Crippen molar-refractivity contribution >= 4 is 5.69 Å². The molecular weight excluding hydrogens is 263 g/mol. The number of benzene rings is 1. The normalized spacial score (nSPS) is 23.8. The Bertz CT molecular complexity index is 495. The molecule has 2 atom stereocenters. The zero-order valence-electron chi connectivity index (χ0n) is 11.7. The highest BCUT2D eigenvalue weighted by Crippen LogP contribution is 2.24. The minimum Gasteiger partial charge on any atom is -0.376 e. The minimum atomic E-state index is -0.730. The van der Waals surface area contributed by atoms with Crippen LogP contribution in [0, 0.1) is 15.9 Å². The van der Waals surface area contributed by atoms with Crippen LogP contribution in [0.2, 0.25) is 0 Å². The van der Waals surface area contributed by atoms with Gasteiger partial charge in [0.1, 0.15) is 0 Å². The first kappa shape index (κ1) is 14.9. The maximum Gasteiger partial charge on any atom is 0.305 e. The molecule has 20 heavy (non-hydrogen) atoms. The number of nitro groups is 1. The fourth-order valence-corrected chi connectivity index (χ4v) is 2.53. The Morgan fingerprint density at radius 2 is 2.30 bits per heavy atom. The number of nitro benzene ring substituents is 1. The van der Waals surface area contributed by atoms with Gasteiger partial charge >= 0.3 is 5.69 Å². The lowest BCUT2D eigenvalue weighted by Crippen LogP contribution is -2.48. The highest BCUT2D eigenvalue weighted by molar-refractivity contribution is 5.36. The second-order valence-electron chi connectivity index (χ2n) is 5.14. The fraction of sp³-hybridized carbons (Fsp3) is 0.571. The second-order valence-corrected chi connectivity index (χ2v) is 5.14. The molecule has 0 bridgehead atoms. The van der Waals surface area contributed by atoms with Crippen LogP contribution in [0.4, 0.5) is 10.1 Å². The summed E-state index contributed by atoms with van der Waals surface area (Å²) in [4.78, 5) is 12.2. The first-order valence-electron chi connectivity index (χ1n) is 6.80. The molecule has 0 aromatic heterocycles. The van der Waals surface area contributed by atoms with Gasteiger partial charge in [-0.05, 0) is 13.3 Å². The number of halogens is 1. The molecule has 1 aliphatic heterocycles. The summed E-state index contributed by atoms with van der Waals surface area (Å²) in [6, 6.07) is 4.55. The van der Waals surface area contributed by atoms with Crippen molar-refractivity contribution in [3.05, 3.63) is 39.7 Å². The Labute approximate surface area is 117 Å². The smallest absolute Gasteiger partial charge is 0.305 e. The van der Waals surface area contributed by atoms with E-state index in [2.05, 4.69) is 11.8 Å². The molecule has 6 heteroatoms. The average Bonchev–Trinajstić information content (AvgIpc) is 2.41. The summed E-state index contributed by atoms with van der Waals surface area (Å²) in [6.07, 6.45) is 1.00. The van der Waals surface area contributed by atoms with Crippen LogP contribution in [-0.4, -0.2) is 35.1 Å². The van der Waals surface area contributed by atoms with Crippen molar-refractivity contribution in [1.29, 1.82) is 0 Å². The van der Waals surface area contributed by atoms with Crippen molar-refractivity contribution in [2.75, 3.05) is 13.2 Å². The standard InChI is InChI=1S/C14H19FN2O3/c1-3-12-9-20-10(2)7-16(12)8-11-5-4-6-13(14(11)15)17(18)19/h4-6,10,12H,3,7-9H2,1-2H3. The zero-order valence-corrected chi connectivity index (χ0v) is 11.7. The lowest BCUT2D eigenvalue weighted by atomic mass is 10.1. The lowest BCUT2D eigenvalue weighted by molar-refractivity contribution is -0.387. The third-order valence-electron chi connectivity index (χ3n) is 3.68. The average molecular weight is 282 g/mol. The van der Waals surface area contributed by atoms with Crippen LogP contribution in [0.3, 0.4) is 0 Å². The van der Waals surface area contributed by atoms with E-state index in [4.69, 9.17) is 4.74 Å². The van der Waals surface area contributed by atoms with Crippen molar-refractivity contribution in [2.45, 2.75) is 39.0 Å². The number of ether oxygens (including phenoxy) is 1. The van der Waals surface area contributed by atoms with Crippen LogP contribution < -0.4 is 0 Å². The van der Waals surface area contributed by atoms with Crippen LogP contribution in [0.1, 0.15) is 25.8 Å². The molecule has 2 rings (SSSR count). The first-order chi connectivity index (χ1) is 9.52. The Hall–Kier alpha value is -1.53. The van der Waals surface area contributed by atoms with Gasteiger partial charge in [0.05, 0.1) is 17.6 Å². The summed E-state index contributed by atoms with van der Waals surface area (Å²) in [6.45, 7) is 5.73. The minimum absolute atomic E-state index is 0.0968. The van der Waals surface area contributed by atoms with Gasteiger partial charge in [-0.3, -0.25) is 15.0 Å². The highest BCUT2D eigenvalue weighted by atomic mass is 19.1. The first-order valence-corrected chi connectivity index (χ1v) is 6.80. The number of morpholine rings is 1. The van der Waals surface area contributed by atoms with E-state index in [-0.39, 0.29) is 12.1 Å². The molecule has 0 aliphatic carbocycles. The van der Waals surface area contributed by atoms with Gasteiger partial charge in [-0.25, -0.2) is 0 Å². The maximum absolute atomic E-state index is 14.1. The Morgan fingerprint density at radius 1 is 1.55 bits per heavy atom. The van der Waals surface area contributed by atoms with Gasteiger partial charge in [-0.15, -0.1) is 0 Å². The molecule has 1 aromatic carbocycles. The summed E-state index contributed by atoms with van der Waals surface area (Å²) in [7, 11) is 0. The van der Waals surface area contributed by atoms with E-state index in [9.17, 15) is 14.5 Å². The maximum atomic E-state index is 14.1. The Morgan fingerprint density at radius 3 is 2.95 bits per heavy atom. The van der Waals surface area contributed by atoms with Crippen LogP contribution in [-0.2, 0) is 11.3 Å². The van der Waals surface area contributed by atoms with Gasteiger partial charge < -0.3 is 4.74 Å². The Kier molecular flexibility index (Phi) is 4.67. The zero-order chi connectivity index (χ0) is 14.7. The third kappa shape index (κ3) is 3.13. The van der Waals surface area contributed by atoms with Crippen molar-refractivity contribution < 1.29 is 14.1 Å². The molecule has 1 aromatic rings. The van der Waals surface area contributed by atoms with Gasteiger partial charge in [0.25, 0.3) is 0 Å². The summed E-state index contributed by atoms with van der Waals surface area (Å²) < 4.78 is 19.7. The summed E-state index contributed by atoms with van der Waals surface area (Å²) in [5.41, 5.74) is -0.0939. The number of hydrogen-bond acceptors (Lipinski definition) is 4. The molecule has 1 aliphatic rings. The monoisotopic (exact) mass is 282 g/mol.